The average molecular weight is 488 g/mol. The molecule has 1 fully saturated rings. The van der Waals surface area contributed by atoms with Gasteiger partial charge in [-0.1, -0.05) is 23.4 Å². The number of anilines is 1. The Labute approximate surface area is 196 Å². The summed E-state index contributed by atoms with van der Waals surface area (Å²) in [6.07, 6.45) is 3.47. The van der Waals surface area contributed by atoms with Gasteiger partial charge >= 0.3 is 0 Å². The van der Waals surface area contributed by atoms with E-state index >= 15 is 0 Å². The number of aromatic nitrogens is 1. The molecule has 0 spiro atoms. The monoisotopic (exact) mass is 487 g/mol. The number of halogens is 2. The van der Waals surface area contributed by atoms with Crippen LogP contribution in [0.25, 0.3) is 12.2 Å². The maximum absolute atomic E-state index is 13.9. The van der Waals surface area contributed by atoms with Crippen molar-refractivity contribution < 1.29 is 26.5 Å². The lowest BCUT2D eigenvalue weighted by atomic mass is 9.97. The molecule has 0 saturated carbocycles. The number of amides is 1. The Bertz CT molecular complexity index is 1310. The molecule has 1 aromatic heterocycles. The van der Waals surface area contributed by atoms with Crippen LogP contribution in [0, 0.1) is 24.5 Å². The van der Waals surface area contributed by atoms with Gasteiger partial charge in [-0.05, 0) is 62.2 Å². The smallest absolute Gasteiger partial charge is 0.248 e. The predicted octanol–water partition coefficient (Wildman–Crippen LogP) is 4.47. The minimum absolute atomic E-state index is 0.0110. The molecule has 34 heavy (non-hydrogen) atoms. The van der Waals surface area contributed by atoms with Gasteiger partial charge in [0.25, 0.3) is 0 Å². The fourth-order valence-corrected chi connectivity index (χ4v) is 5.56. The minimum Gasteiger partial charge on any atom is -0.355 e. The van der Waals surface area contributed by atoms with Crippen LogP contribution < -0.4 is 5.32 Å². The molecular formula is C24H23F2N3O4S. The van der Waals surface area contributed by atoms with Crippen LogP contribution in [0.5, 0.6) is 0 Å². The van der Waals surface area contributed by atoms with E-state index in [1.807, 2.05) is 0 Å². The van der Waals surface area contributed by atoms with Gasteiger partial charge in [0, 0.05) is 30.3 Å². The first-order chi connectivity index (χ1) is 16.3. The number of nitrogens with zero attached hydrogens (tertiary/aromatic N) is 2. The summed E-state index contributed by atoms with van der Waals surface area (Å²) in [5, 5.41) is 6.53. The number of hydrogen-bond donors (Lipinski definition) is 1. The van der Waals surface area contributed by atoms with Crippen LogP contribution in [0.2, 0.25) is 0 Å². The highest BCUT2D eigenvalue weighted by Gasteiger charge is 2.36. The van der Waals surface area contributed by atoms with Crippen molar-refractivity contribution in [3.8, 4) is 0 Å². The van der Waals surface area contributed by atoms with Crippen LogP contribution in [-0.4, -0.2) is 36.9 Å². The van der Waals surface area contributed by atoms with Crippen LogP contribution in [0.15, 0.2) is 57.9 Å². The summed E-state index contributed by atoms with van der Waals surface area (Å²) in [4.78, 5) is 12.5. The van der Waals surface area contributed by atoms with Crippen LogP contribution in [0.1, 0.15) is 29.9 Å². The molecule has 178 valence electrons. The lowest BCUT2D eigenvalue weighted by Crippen LogP contribution is -2.41. The molecule has 0 bridgehead atoms. The molecule has 1 saturated heterocycles. The number of sulfonamides is 1. The predicted molar refractivity (Wildman–Crippen MR) is 123 cm³/mol. The first-order valence-electron chi connectivity index (χ1n) is 10.7. The Morgan fingerprint density at radius 3 is 2.44 bits per heavy atom. The lowest BCUT2D eigenvalue weighted by Gasteiger charge is -2.30. The van der Waals surface area contributed by atoms with E-state index in [-0.39, 0.29) is 46.8 Å². The summed E-state index contributed by atoms with van der Waals surface area (Å²) in [6.45, 7) is 1.82. The van der Waals surface area contributed by atoms with Crippen molar-refractivity contribution >= 4 is 33.8 Å². The van der Waals surface area contributed by atoms with Gasteiger partial charge in [0.2, 0.25) is 15.9 Å². The molecule has 2 aromatic carbocycles. The highest BCUT2D eigenvalue weighted by molar-refractivity contribution is 7.89. The Kier molecular flexibility index (Phi) is 6.90. The topological polar surface area (TPSA) is 92.5 Å². The maximum atomic E-state index is 13.9. The summed E-state index contributed by atoms with van der Waals surface area (Å²) < 4.78 is 60.2. The van der Waals surface area contributed by atoms with E-state index in [0.29, 0.717) is 18.5 Å². The zero-order valence-electron chi connectivity index (χ0n) is 18.4. The van der Waals surface area contributed by atoms with Crippen molar-refractivity contribution in [2.75, 3.05) is 18.4 Å². The van der Waals surface area contributed by atoms with Gasteiger partial charge in [-0.3, -0.25) is 4.79 Å². The zero-order valence-corrected chi connectivity index (χ0v) is 19.2. The number of carbonyl (C=O) groups excluding carboxylic acids is 1. The second kappa shape index (κ2) is 9.86. The lowest BCUT2D eigenvalue weighted by molar-refractivity contribution is -0.120. The summed E-state index contributed by atoms with van der Waals surface area (Å²) in [5.41, 5.74) is 0.963. The van der Waals surface area contributed by atoms with Crippen LogP contribution in [0.4, 0.5) is 14.5 Å². The Morgan fingerprint density at radius 2 is 1.76 bits per heavy atom. The second-order valence-corrected chi connectivity index (χ2v) is 9.87. The molecule has 3 aromatic rings. The fraction of sp³-hybridized carbons (Fsp3) is 0.250. The molecule has 0 radical (unpaired) electrons. The average Bonchev–Trinajstić information content (AvgIpc) is 3.21. The number of hydrogen-bond acceptors (Lipinski definition) is 5. The number of nitrogens with one attached hydrogen (secondary N) is 1. The van der Waals surface area contributed by atoms with E-state index in [1.54, 1.807) is 18.2 Å². The first-order valence-corrected chi connectivity index (χ1v) is 12.1. The number of piperidine rings is 1. The highest BCUT2D eigenvalue weighted by atomic mass is 32.2. The summed E-state index contributed by atoms with van der Waals surface area (Å²) in [6, 6.07) is 11.5. The largest absolute Gasteiger partial charge is 0.355 e. The third-order valence-electron chi connectivity index (χ3n) is 5.69. The number of benzene rings is 2. The Balaban J connectivity index is 1.45. The van der Waals surface area contributed by atoms with Crippen molar-refractivity contribution in [1.29, 1.82) is 0 Å². The van der Waals surface area contributed by atoms with Crippen LogP contribution in [-0.2, 0) is 14.8 Å². The molecule has 7 nitrogen and oxygen atoms in total. The van der Waals surface area contributed by atoms with Gasteiger partial charge in [-0.2, -0.15) is 4.31 Å². The molecule has 10 heteroatoms. The minimum atomic E-state index is -3.95. The number of carbonyl (C=O) groups is 1. The van der Waals surface area contributed by atoms with Crippen molar-refractivity contribution in [2.24, 2.45) is 5.92 Å². The Hall–Kier alpha value is -3.37. The molecule has 0 aliphatic carbocycles. The van der Waals surface area contributed by atoms with Gasteiger partial charge in [-0.25, -0.2) is 17.2 Å². The van der Waals surface area contributed by atoms with E-state index in [0.717, 1.165) is 0 Å². The highest BCUT2D eigenvalue weighted by Crippen LogP contribution is 2.29. The van der Waals surface area contributed by atoms with Gasteiger partial charge in [0.1, 0.15) is 17.3 Å². The standard InChI is InChI=1S/C24H23F2N3O4S/c1-16-23(22(33-28-16)11-6-17-4-2-3-5-21(17)26)34(31,32)29-14-12-18(13-15-29)24(30)27-20-9-7-19(25)8-10-20/h2-11,18H,12-15H2,1H3,(H,27,30). The molecule has 0 unspecified atom stereocenters. The van der Waals surface area contributed by atoms with Gasteiger partial charge < -0.3 is 9.84 Å². The van der Waals surface area contributed by atoms with Crippen molar-refractivity contribution in [2.45, 2.75) is 24.7 Å². The van der Waals surface area contributed by atoms with Crippen LogP contribution >= 0.6 is 0 Å². The van der Waals surface area contributed by atoms with E-state index in [4.69, 9.17) is 4.52 Å². The maximum Gasteiger partial charge on any atom is 0.248 e. The molecular weight excluding hydrogens is 464 g/mol. The number of aryl methyl sites for hydroxylation is 1. The summed E-state index contributed by atoms with van der Waals surface area (Å²) in [7, 11) is -3.95. The Morgan fingerprint density at radius 1 is 1.09 bits per heavy atom. The fourth-order valence-electron chi connectivity index (χ4n) is 3.84. The molecule has 2 heterocycles. The third kappa shape index (κ3) is 5.07. The molecule has 1 N–H and O–H groups in total. The zero-order chi connectivity index (χ0) is 24.3. The summed E-state index contributed by atoms with van der Waals surface area (Å²) in [5.74, 6) is -1.44. The summed E-state index contributed by atoms with van der Waals surface area (Å²) >= 11 is 0. The second-order valence-electron chi connectivity index (χ2n) is 7.99. The molecule has 1 amide bonds. The molecule has 4 rings (SSSR count). The van der Waals surface area contributed by atoms with E-state index in [1.165, 1.54) is 53.7 Å². The third-order valence-corrected chi connectivity index (χ3v) is 7.74. The number of rotatable bonds is 6. The van der Waals surface area contributed by atoms with Gasteiger partial charge in [0.15, 0.2) is 10.7 Å². The van der Waals surface area contributed by atoms with Gasteiger partial charge in [0.05, 0.1) is 0 Å². The molecule has 0 atom stereocenters. The van der Waals surface area contributed by atoms with Crippen molar-refractivity contribution in [3.05, 3.63) is 77.2 Å². The van der Waals surface area contributed by atoms with Crippen LogP contribution in [0.3, 0.4) is 0 Å². The van der Waals surface area contributed by atoms with Crippen molar-refractivity contribution in [1.82, 2.24) is 9.46 Å². The molecule has 1 aliphatic rings. The van der Waals surface area contributed by atoms with E-state index < -0.39 is 21.7 Å². The SMILES string of the molecule is Cc1noc(C=Cc2ccccc2F)c1S(=O)(=O)N1CCC(C(=O)Nc2ccc(F)cc2)CC1. The first kappa shape index (κ1) is 23.8. The van der Waals surface area contributed by atoms with E-state index in [9.17, 15) is 22.0 Å². The normalized spacial score (nSPS) is 15.6. The molecule has 1 aliphatic heterocycles. The quantitative estimate of drug-likeness (QED) is 0.554. The van der Waals surface area contributed by atoms with E-state index in [2.05, 4.69) is 10.5 Å². The van der Waals surface area contributed by atoms with Gasteiger partial charge in [-0.15, -0.1) is 0 Å². The van der Waals surface area contributed by atoms with Crippen molar-refractivity contribution in [3.63, 3.8) is 0 Å².